The third-order valence-electron chi connectivity index (χ3n) is 5.00. The first-order chi connectivity index (χ1) is 11.4. The third kappa shape index (κ3) is 4.08. The Hall–Kier alpha value is -0.740. The van der Waals surface area contributed by atoms with Gasteiger partial charge in [0.05, 0.1) is 13.2 Å². The maximum Gasteiger partial charge on any atom is 0.322 e. The molecule has 8 nitrogen and oxygen atoms in total. The van der Waals surface area contributed by atoms with Crippen molar-refractivity contribution in [1.82, 2.24) is 8.61 Å². The first kappa shape index (κ1) is 19.6. The number of nitrogens with zero attached hydrogens (tertiary/aromatic N) is 2. The Balaban J connectivity index is 2.28. The van der Waals surface area contributed by atoms with Crippen LogP contribution in [0.5, 0.6) is 0 Å². The molecule has 24 heavy (non-hydrogen) atoms. The topological polar surface area (TPSA) is 96.4 Å². The molecule has 1 N–H and O–H groups in total. The van der Waals surface area contributed by atoms with E-state index in [0.29, 0.717) is 6.42 Å². The van der Waals surface area contributed by atoms with E-state index in [4.69, 9.17) is 9.47 Å². The molecule has 0 aromatic rings. The van der Waals surface area contributed by atoms with Crippen molar-refractivity contribution < 1.29 is 27.8 Å². The standard InChI is InChI=1S/C15H28N2O6S/c1-22-9-7-16(8-10-23-2)24(20,21)17-13-6-4-3-5-12(13)11-14(17)15(18)19/h12-14H,3-11H2,1-2H3,(H,18,19). The number of rotatable bonds is 9. The van der Waals surface area contributed by atoms with Crippen LogP contribution in [0.4, 0.5) is 0 Å². The van der Waals surface area contributed by atoms with Crippen molar-refractivity contribution in [2.24, 2.45) is 5.92 Å². The SMILES string of the molecule is COCCN(CCOC)S(=O)(=O)N1C(C(=O)O)CC2CCCCC21. The minimum Gasteiger partial charge on any atom is -0.480 e. The van der Waals surface area contributed by atoms with Gasteiger partial charge in [0, 0.05) is 33.4 Å². The van der Waals surface area contributed by atoms with Crippen molar-refractivity contribution in [2.75, 3.05) is 40.5 Å². The van der Waals surface area contributed by atoms with E-state index in [0.717, 1.165) is 25.7 Å². The molecule has 1 aliphatic carbocycles. The fraction of sp³-hybridized carbons (Fsp3) is 0.933. The van der Waals surface area contributed by atoms with E-state index in [1.54, 1.807) is 0 Å². The smallest absolute Gasteiger partial charge is 0.322 e. The molecule has 1 saturated carbocycles. The Kier molecular flexibility index (Phi) is 6.99. The van der Waals surface area contributed by atoms with Crippen molar-refractivity contribution in [3.63, 3.8) is 0 Å². The van der Waals surface area contributed by atoms with Gasteiger partial charge in [-0.05, 0) is 25.2 Å². The van der Waals surface area contributed by atoms with E-state index in [9.17, 15) is 18.3 Å². The van der Waals surface area contributed by atoms with Gasteiger partial charge in [-0.15, -0.1) is 0 Å². The van der Waals surface area contributed by atoms with Gasteiger partial charge in [0.25, 0.3) is 10.2 Å². The number of hydrogen-bond acceptors (Lipinski definition) is 5. The lowest BCUT2D eigenvalue weighted by Crippen LogP contribution is -2.53. The number of carboxylic acids is 1. The van der Waals surface area contributed by atoms with Crippen molar-refractivity contribution in [2.45, 2.75) is 44.2 Å². The summed E-state index contributed by atoms with van der Waals surface area (Å²) in [6, 6.07) is -1.19. The molecule has 0 aromatic heterocycles. The minimum absolute atomic E-state index is 0.140. The van der Waals surface area contributed by atoms with Gasteiger partial charge in [-0.2, -0.15) is 17.0 Å². The number of ether oxygens (including phenoxy) is 2. The predicted octanol–water partition coefficient (Wildman–Crippen LogP) is 0.544. The van der Waals surface area contributed by atoms with Crippen LogP contribution in [0.1, 0.15) is 32.1 Å². The number of hydrogen-bond donors (Lipinski definition) is 1. The lowest BCUT2D eigenvalue weighted by atomic mass is 9.85. The second kappa shape index (κ2) is 8.57. The van der Waals surface area contributed by atoms with Gasteiger partial charge in [-0.25, -0.2) is 0 Å². The molecule has 1 heterocycles. The molecule has 140 valence electrons. The van der Waals surface area contributed by atoms with Gasteiger partial charge >= 0.3 is 5.97 Å². The van der Waals surface area contributed by atoms with Crippen LogP contribution in [0.3, 0.4) is 0 Å². The van der Waals surface area contributed by atoms with E-state index in [-0.39, 0.29) is 38.3 Å². The van der Waals surface area contributed by atoms with Crippen molar-refractivity contribution in [1.29, 1.82) is 0 Å². The highest BCUT2D eigenvalue weighted by atomic mass is 32.2. The zero-order valence-electron chi connectivity index (χ0n) is 14.4. The lowest BCUT2D eigenvalue weighted by molar-refractivity contribution is -0.141. The molecule has 9 heteroatoms. The van der Waals surface area contributed by atoms with E-state index in [1.165, 1.54) is 22.8 Å². The molecule has 2 rings (SSSR count). The Labute approximate surface area is 143 Å². The third-order valence-corrected chi connectivity index (χ3v) is 7.07. The second-order valence-electron chi connectivity index (χ2n) is 6.42. The van der Waals surface area contributed by atoms with E-state index in [1.807, 2.05) is 0 Å². The highest BCUT2D eigenvalue weighted by Crippen LogP contribution is 2.41. The average Bonchev–Trinajstić information content (AvgIpc) is 2.95. The van der Waals surface area contributed by atoms with Gasteiger partial charge in [-0.3, -0.25) is 4.79 Å². The van der Waals surface area contributed by atoms with Crippen LogP contribution in [0.25, 0.3) is 0 Å². The number of fused-ring (bicyclic) bond motifs is 1. The molecule has 0 aromatic carbocycles. The summed E-state index contributed by atoms with van der Waals surface area (Å²) in [5, 5.41) is 9.55. The van der Waals surface area contributed by atoms with Crippen LogP contribution in [-0.2, 0) is 24.5 Å². The molecule has 0 amide bonds. The van der Waals surface area contributed by atoms with E-state index in [2.05, 4.69) is 0 Å². The Bertz CT molecular complexity index is 518. The van der Waals surface area contributed by atoms with Crippen LogP contribution < -0.4 is 0 Å². The van der Waals surface area contributed by atoms with Crippen molar-refractivity contribution in [3.05, 3.63) is 0 Å². The Morgan fingerprint density at radius 2 is 1.75 bits per heavy atom. The molecule has 2 fully saturated rings. The summed E-state index contributed by atoms with van der Waals surface area (Å²) in [6.07, 6.45) is 4.02. The van der Waals surface area contributed by atoms with Gasteiger partial charge in [0.1, 0.15) is 6.04 Å². The van der Waals surface area contributed by atoms with Gasteiger partial charge < -0.3 is 14.6 Å². The molecule has 3 atom stereocenters. The lowest BCUT2D eigenvalue weighted by Gasteiger charge is -2.35. The molecule has 3 unspecified atom stereocenters. The maximum absolute atomic E-state index is 13.2. The summed E-state index contributed by atoms with van der Waals surface area (Å²) >= 11 is 0. The summed E-state index contributed by atoms with van der Waals surface area (Å²) in [4.78, 5) is 11.7. The normalized spacial score (nSPS) is 28.2. The second-order valence-corrected chi connectivity index (χ2v) is 8.26. The van der Waals surface area contributed by atoms with E-state index < -0.39 is 22.2 Å². The molecule has 0 bridgehead atoms. The number of carbonyl (C=O) groups is 1. The van der Waals surface area contributed by atoms with Crippen LogP contribution in [0.15, 0.2) is 0 Å². The van der Waals surface area contributed by atoms with Crippen molar-refractivity contribution >= 4 is 16.2 Å². The molecular weight excluding hydrogens is 336 g/mol. The summed E-state index contributed by atoms with van der Waals surface area (Å²) < 4.78 is 38.9. The molecule has 0 radical (unpaired) electrons. The average molecular weight is 364 g/mol. The summed E-state index contributed by atoms with van der Waals surface area (Å²) in [5.74, 6) is -0.923. The van der Waals surface area contributed by atoms with Crippen LogP contribution >= 0.6 is 0 Å². The summed E-state index contributed by atoms with van der Waals surface area (Å²) in [6.45, 7) is 0.871. The van der Waals surface area contributed by atoms with Crippen LogP contribution in [-0.4, -0.2) is 80.7 Å². The fourth-order valence-electron chi connectivity index (χ4n) is 3.82. The molecule has 0 spiro atoms. The Morgan fingerprint density at radius 1 is 1.17 bits per heavy atom. The van der Waals surface area contributed by atoms with Gasteiger partial charge in [0.15, 0.2) is 0 Å². The monoisotopic (exact) mass is 364 g/mol. The summed E-state index contributed by atoms with van der Waals surface area (Å²) in [7, 11) is -0.868. The first-order valence-corrected chi connectivity index (χ1v) is 9.82. The van der Waals surface area contributed by atoms with E-state index >= 15 is 0 Å². The number of methoxy groups -OCH3 is 2. The number of carboxylic acid groups (broad SMARTS) is 1. The molecule has 1 aliphatic heterocycles. The number of aliphatic carboxylic acids is 1. The zero-order valence-corrected chi connectivity index (χ0v) is 15.2. The molecule has 2 aliphatic rings. The van der Waals surface area contributed by atoms with Gasteiger partial charge in [0.2, 0.25) is 0 Å². The largest absolute Gasteiger partial charge is 0.480 e. The van der Waals surface area contributed by atoms with Crippen molar-refractivity contribution in [3.8, 4) is 0 Å². The first-order valence-electron chi connectivity index (χ1n) is 8.42. The summed E-state index contributed by atoms with van der Waals surface area (Å²) in [5.41, 5.74) is 0. The van der Waals surface area contributed by atoms with Gasteiger partial charge in [-0.1, -0.05) is 12.8 Å². The van der Waals surface area contributed by atoms with Crippen LogP contribution in [0.2, 0.25) is 0 Å². The Morgan fingerprint density at radius 3 is 2.29 bits per heavy atom. The molecule has 1 saturated heterocycles. The minimum atomic E-state index is -3.88. The predicted molar refractivity (Wildman–Crippen MR) is 87.9 cm³/mol. The highest BCUT2D eigenvalue weighted by molar-refractivity contribution is 7.86. The zero-order chi connectivity index (χ0) is 17.7. The maximum atomic E-state index is 13.2. The highest BCUT2D eigenvalue weighted by Gasteiger charge is 2.52. The quantitative estimate of drug-likeness (QED) is 0.642. The fourth-order valence-corrected chi connectivity index (χ4v) is 5.82. The van der Waals surface area contributed by atoms with Crippen LogP contribution in [0, 0.1) is 5.92 Å². The molecular formula is C15H28N2O6S.